The second-order valence-corrected chi connectivity index (χ2v) is 5.95. The normalized spacial score (nSPS) is 15.7. The van der Waals surface area contributed by atoms with Crippen LogP contribution in [0.25, 0.3) is 0 Å². The highest BCUT2D eigenvalue weighted by Gasteiger charge is 2.17. The molecule has 20 heavy (non-hydrogen) atoms. The van der Waals surface area contributed by atoms with Gasteiger partial charge in [-0.25, -0.2) is 4.98 Å². The van der Waals surface area contributed by atoms with Crippen LogP contribution in [-0.2, 0) is 6.54 Å². The lowest BCUT2D eigenvalue weighted by Gasteiger charge is -2.14. The van der Waals surface area contributed by atoms with Gasteiger partial charge < -0.3 is 9.88 Å². The van der Waals surface area contributed by atoms with Crippen LogP contribution >= 0.6 is 0 Å². The summed E-state index contributed by atoms with van der Waals surface area (Å²) in [6.07, 6.45) is 7.37. The fourth-order valence-corrected chi connectivity index (χ4v) is 2.93. The van der Waals surface area contributed by atoms with E-state index in [2.05, 4.69) is 59.2 Å². The molecule has 3 nitrogen and oxygen atoms in total. The number of hydrogen-bond acceptors (Lipinski definition) is 2. The van der Waals surface area contributed by atoms with Crippen LogP contribution in [0.1, 0.15) is 42.5 Å². The molecule has 0 saturated heterocycles. The second-order valence-electron chi connectivity index (χ2n) is 5.95. The van der Waals surface area contributed by atoms with Crippen molar-refractivity contribution in [3.05, 3.63) is 47.3 Å². The molecule has 0 unspecified atom stereocenters. The number of aromatic nitrogens is 2. The summed E-state index contributed by atoms with van der Waals surface area (Å²) in [5.41, 5.74) is 3.71. The Balaban J connectivity index is 1.76. The lowest BCUT2D eigenvalue weighted by Crippen LogP contribution is -2.18. The van der Waals surface area contributed by atoms with Crippen LogP contribution in [0.4, 0.5) is 5.95 Å². The van der Waals surface area contributed by atoms with E-state index in [4.69, 9.17) is 0 Å². The number of rotatable bonds is 4. The van der Waals surface area contributed by atoms with E-state index in [9.17, 15) is 0 Å². The molecule has 0 amide bonds. The molecule has 2 aromatic rings. The Hall–Kier alpha value is -1.77. The van der Waals surface area contributed by atoms with Gasteiger partial charge in [-0.3, -0.25) is 0 Å². The molecule has 3 heteroatoms. The Morgan fingerprint density at radius 3 is 2.55 bits per heavy atom. The van der Waals surface area contributed by atoms with Crippen molar-refractivity contribution in [2.24, 2.45) is 0 Å². The standard InChI is InChI=1S/C17H23N3/c1-13-7-9-15(10-8-13)12-20-11-14(2)18-17(20)19-16-5-3-4-6-16/h7-11,16H,3-6,12H2,1-2H3,(H,18,19). The number of imidazole rings is 1. The van der Waals surface area contributed by atoms with E-state index in [1.54, 1.807) is 0 Å². The van der Waals surface area contributed by atoms with Crippen molar-refractivity contribution in [3.8, 4) is 0 Å². The Labute approximate surface area is 121 Å². The zero-order valence-corrected chi connectivity index (χ0v) is 12.4. The van der Waals surface area contributed by atoms with Crippen molar-refractivity contribution in [3.63, 3.8) is 0 Å². The molecule has 1 aromatic heterocycles. The summed E-state index contributed by atoms with van der Waals surface area (Å²) in [7, 11) is 0. The highest BCUT2D eigenvalue weighted by atomic mass is 15.2. The fourth-order valence-electron chi connectivity index (χ4n) is 2.93. The smallest absolute Gasteiger partial charge is 0.203 e. The molecule has 0 aliphatic heterocycles. The maximum atomic E-state index is 4.64. The van der Waals surface area contributed by atoms with Crippen molar-refractivity contribution in [2.45, 2.75) is 52.1 Å². The Morgan fingerprint density at radius 2 is 1.85 bits per heavy atom. The van der Waals surface area contributed by atoms with E-state index in [1.165, 1.54) is 36.8 Å². The molecule has 0 spiro atoms. The monoisotopic (exact) mass is 269 g/mol. The number of aryl methyl sites for hydroxylation is 2. The van der Waals surface area contributed by atoms with Gasteiger partial charge in [0.2, 0.25) is 5.95 Å². The topological polar surface area (TPSA) is 29.9 Å². The van der Waals surface area contributed by atoms with E-state index >= 15 is 0 Å². The Bertz CT molecular complexity index is 562. The van der Waals surface area contributed by atoms with E-state index < -0.39 is 0 Å². The van der Waals surface area contributed by atoms with Gasteiger partial charge in [-0.1, -0.05) is 42.7 Å². The lowest BCUT2D eigenvalue weighted by atomic mass is 10.1. The third kappa shape index (κ3) is 3.03. The number of benzene rings is 1. The summed E-state index contributed by atoms with van der Waals surface area (Å²) in [6, 6.07) is 9.34. The van der Waals surface area contributed by atoms with Crippen LogP contribution in [0.2, 0.25) is 0 Å². The van der Waals surface area contributed by atoms with Gasteiger partial charge in [-0.05, 0) is 32.3 Å². The van der Waals surface area contributed by atoms with Gasteiger partial charge >= 0.3 is 0 Å². The van der Waals surface area contributed by atoms with Crippen LogP contribution in [0.3, 0.4) is 0 Å². The van der Waals surface area contributed by atoms with Gasteiger partial charge in [0.15, 0.2) is 0 Å². The summed E-state index contributed by atoms with van der Waals surface area (Å²) < 4.78 is 2.23. The summed E-state index contributed by atoms with van der Waals surface area (Å²) >= 11 is 0. The largest absolute Gasteiger partial charge is 0.353 e. The zero-order chi connectivity index (χ0) is 13.9. The van der Waals surface area contributed by atoms with Gasteiger partial charge in [-0.2, -0.15) is 0 Å². The average molecular weight is 269 g/mol. The maximum Gasteiger partial charge on any atom is 0.203 e. The quantitative estimate of drug-likeness (QED) is 0.912. The van der Waals surface area contributed by atoms with E-state index in [0.717, 1.165) is 18.2 Å². The minimum atomic E-state index is 0.605. The molecule has 1 aromatic carbocycles. The molecule has 0 radical (unpaired) electrons. The molecule has 1 aliphatic rings. The lowest BCUT2D eigenvalue weighted by molar-refractivity contribution is 0.716. The second kappa shape index (κ2) is 5.70. The van der Waals surface area contributed by atoms with Crippen molar-refractivity contribution >= 4 is 5.95 Å². The Morgan fingerprint density at radius 1 is 1.15 bits per heavy atom. The predicted octanol–water partition coefficient (Wildman–Crippen LogP) is 3.90. The van der Waals surface area contributed by atoms with Crippen LogP contribution in [0.15, 0.2) is 30.5 Å². The molecule has 1 N–H and O–H groups in total. The van der Waals surface area contributed by atoms with Crippen LogP contribution in [-0.4, -0.2) is 15.6 Å². The first-order valence-corrected chi connectivity index (χ1v) is 7.56. The van der Waals surface area contributed by atoms with Gasteiger partial charge in [-0.15, -0.1) is 0 Å². The predicted molar refractivity (Wildman–Crippen MR) is 83.1 cm³/mol. The molecule has 3 rings (SSSR count). The van der Waals surface area contributed by atoms with E-state index in [1.807, 2.05) is 0 Å². The van der Waals surface area contributed by atoms with Crippen LogP contribution in [0.5, 0.6) is 0 Å². The number of nitrogens with zero attached hydrogens (tertiary/aromatic N) is 2. The summed E-state index contributed by atoms with van der Waals surface area (Å²) in [5.74, 6) is 1.02. The number of anilines is 1. The SMILES string of the molecule is Cc1ccc(Cn2cc(C)nc2NC2CCCC2)cc1. The first-order valence-electron chi connectivity index (χ1n) is 7.56. The van der Waals surface area contributed by atoms with Gasteiger partial charge in [0.05, 0.1) is 12.2 Å². The molecular formula is C17H23N3. The summed E-state index contributed by atoms with van der Waals surface area (Å²) in [5, 5.41) is 3.61. The Kier molecular flexibility index (Phi) is 3.77. The van der Waals surface area contributed by atoms with E-state index in [0.29, 0.717) is 6.04 Å². The summed E-state index contributed by atoms with van der Waals surface area (Å²) in [4.78, 5) is 4.64. The van der Waals surface area contributed by atoms with Crippen LogP contribution in [0, 0.1) is 13.8 Å². The number of hydrogen-bond donors (Lipinski definition) is 1. The molecular weight excluding hydrogens is 246 g/mol. The highest BCUT2D eigenvalue weighted by Crippen LogP contribution is 2.22. The highest BCUT2D eigenvalue weighted by molar-refractivity contribution is 5.32. The number of nitrogens with one attached hydrogen (secondary N) is 1. The molecule has 0 atom stereocenters. The zero-order valence-electron chi connectivity index (χ0n) is 12.4. The minimum Gasteiger partial charge on any atom is -0.353 e. The van der Waals surface area contributed by atoms with Crippen molar-refractivity contribution in [1.82, 2.24) is 9.55 Å². The molecule has 1 fully saturated rings. The third-order valence-corrected chi connectivity index (χ3v) is 4.06. The minimum absolute atomic E-state index is 0.605. The van der Waals surface area contributed by atoms with Gasteiger partial charge in [0, 0.05) is 12.2 Å². The fraction of sp³-hybridized carbons (Fsp3) is 0.471. The van der Waals surface area contributed by atoms with Crippen molar-refractivity contribution in [1.29, 1.82) is 0 Å². The molecule has 106 valence electrons. The van der Waals surface area contributed by atoms with Crippen LogP contribution < -0.4 is 5.32 Å². The molecule has 1 heterocycles. The third-order valence-electron chi connectivity index (χ3n) is 4.06. The van der Waals surface area contributed by atoms with Gasteiger partial charge in [0.25, 0.3) is 0 Å². The van der Waals surface area contributed by atoms with E-state index in [-0.39, 0.29) is 0 Å². The maximum absolute atomic E-state index is 4.64. The summed E-state index contributed by atoms with van der Waals surface area (Å²) in [6.45, 7) is 5.07. The molecule has 0 bridgehead atoms. The average Bonchev–Trinajstić information content (AvgIpc) is 3.03. The first kappa shape index (κ1) is 13.2. The van der Waals surface area contributed by atoms with Gasteiger partial charge in [0.1, 0.15) is 0 Å². The first-order chi connectivity index (χ1) is 9.70. The van der Waals surface area contributed by atoms with Crippen molar-refractivity contribution < 1.29 is 0 Å². The van der Waals surface area contributed by atoms with Crippen molar-refractivity contribution in [2.75, 3.05) is 5.32 Å². The molecule has 1 aliphatic carbocycles. The molecule has 1 saturated carbocycles.